The summed E-state index contributed by atoms with van der Waals surface area (Å²) in [5.41, 5.74) is 7.15. The number of primary amides is 1. The fourth-order valence-corrected chi connectivity index (χ4v) is 5.99. The van der Waals surface area contributed by atoms with Gasteiger partial charge in [-0.05, 0) is 24.3 Å². The molecule has 2 amide bonds. The summed E-state index contributed by atoms with van der Waals surface area (Å²) in [5.74, 6) is -0.937. The van der Waals surface area contributed by atoms with Gasteiger partial charge in [0.1, 0.15) is 19.6 Å². The van der Waals surface area contributed by atoms with Crippen LogP contribution < -0.4 is 5.73 Å². The lowest BCUT2D eigenvalue weighted by Gasteiger charge is -2.45. The number of quaternary nitrogens is 1. The van der Waals surface area contributed by atoms with Gasteiger partial charge in [0.15, 0.2) is 6.04 Å². The smallest absolute Gasteiger partial charge is 0.346 e. The maximum Gasteiger partial charge on any atom is 0.346 e. The maximum absolute atomic E-state index is 13.8. The van der Waals surface area contributed by atoms with E-state index in [4.69, 9.17) is 5.73 Å². The van der Waals surface area contributed by atoms with Crippen molar-refractivity contribution < 1.29 is 22.5 Å². The highest BCUT2D eigenvalue weighted by molar-refractivity contribution is 7.89. The summed E-state index contributed by atoms with van der Waals surface area (Å²) in [6.45, 7) is 0.510. The Labute approximate surface area is 193 Å². The quantitative estimate of drug-likeness (QED) is 0.567. The first kappa shape index (κ1) is 22.8. The van der Waals surface area contributed by atoms with Crippen molar-refractivity contribution in [2.45, 2.75) is 17.5 Å². The predicted octanol–water partition coefficient (Wildman–Crippen LogP) is 2.40. The maximum atomic E-state index is 13.8. The Balaban J connectivity index is 1.75. The van der Waals surface area contributed by atoms with Gasteiger partial charge in [0.25, 0.3) is 0 Å². The van der Waals surface area contributed by atoms with Crippen LogP contribution in [0.1, 0.15) is 15.9 Å². The van der Waals surface area contributed by atoms with E-state index in [0.29, 0.717) is 12.1 Å². The van der Waals surface area contributed by atoms with Gasteiger partial charge < -0.3 is 5.73 Å². The Morgan fingerprint density at radius 1 is 0.879 bits per heavy atom. The second-order valence-electron chi connectivity index (χ2n) is 8.21. The molecule has 0 bridgehead atoms. The molecular formula is C25H26N3O4S+. The second kappa shape index (κ2) is 9.27. The second-order valence-corrected chi connectivity index (χ2v) is 10.1. The third kappa shape index (κ3) is 4.59. The average Bonchev–Trinajstić information content (AvgIpc) is 2.85. The van der Waals surface area contributed by atoms with Crippen LogP contribution in [-0.2, 0) is 21.4 Å². The van der Waals surface area contributed by atoms with Gasteiger partial charge in [0, 0.05) is 5.56 Å². The molecule has 8 heteroatoms. The third-order valence-corrected chi connectivity index (χ3v) is 8.00. The molecule has 3 aromatic rings. The number of hydrogen-bond donors (Lipinski definition) is 1. The summed E-state index contributed by atoms with van der Waals surface area (Å²) in [4.78, 5) is 26.4. The molecule has 0 radical (unpaired) electrons. The van der Waals surface area contributed by atoms with Crippen molar-refractivity contribution in [3.8, 4) is 0 Å². The summed E-state index contributed by atoms with van der Waals surface area (Å²) < 4.78 is 27.7. The summed E-state index contributed by atoms with van der Waals surface area (Å²) >= 11 is 0. The van der Waals surface area contributed by atoms with E-state index in [1.54, 1.807) is 42.5 Å². The molecule has 7 nitrogen and oxygen atoms in total. The lowest BCUT2D eigenvalue weighted by Crippen LogP contribution is -2.68. The van der Waals surface area contributed by atoms with E-state index < -0.39 is 22.0 Å². The summed E-state index contributed by atoms with van der Waals surface area (Å²) in [5, 5.41) is 0. The molecule has 1 fully saturated rings. The summed E-state index contributed by atoms with van der Waals surface area (Å²) in [6.07, 6.45) is 0. The molecule has 1 heterocycles. The van der Waals surface area contributed by atoms with Crippen molar-refractivity contribution in [1.29, 1.82) is 0 Å². The molecule has 170 valence electrons. The fourth-order valence-electron chi connectivity index (χ4n) is 4.39. The standard InChI is InChI=1S/C25H25N3O4S/c26-24(29)23-19-28(18-20-10-4-1-5-11-20,25(30)21-12-6-2-7-13-21)17-16-27(23)33(31,32)22-14-8-3-9-15-22/h1-15,23H,16-19H2,(H-,26,29)/p+1. The SMILES string of the molecule is NC(=O)C1C[N+](Cc2ccccc2)(C(=O)c2ccccc2)CCN1S(=O)(=O)c1ccccc1. The number of rotatable bonds is 6. The lowest BCUT2D eigenvalue weighted by atomic mass is 10.0. The first-order chi connectivity index (χ1) is 15.8. The van der Waals surface area contributed by atoms with Crippen LogP contribution in [0.4, 0.5) is 0 Å². The molecule has 0 aliphatic carbocycles. The van der Waals surface area contributed by atoms with Crippen LogP contribution in [0, 0.1) is 0 Å². The number of nitrogens with zero attached hydrogens (tertiary/aromatic N) is 2. The monoisotopic (exact) mass is 464 g/mol. The lowest BCUT2D eigenvalue weighted by molar-refractivity contribution is -0.868. The Bertz CT molecular complexity index is 1230. The van der Waals surface area contributed by atoms with Gasteiger partial charge >= 0.3 is 5.91 Å². The molecular weight excluding hydrogens is 438 g/mol. The fraction of sp³-hybridized carbons (Fsp3) is 0.200. The minimum atomic E-state index is -3.96. The van der Waals surface area contributed by atoms with Gasteiger partial charge in [0.2, 0.25) is 15.9 Å². The largest absolute Gasteiger partial charge is 0.368 e. The van der Waals surface area contributed by atoms with Gasteiger partial charge in [-0.1, -0.05) is 66.7 Å². The van der Waals surface area contributed by atoms with Crippen molar-refractivity contribution in [1.82, 2.24) is 4.31 Å². The van der Waals surface area contributed by atoms with E-state index in [1.807, 2.05) is 36.4 Å². The van der Waals surface area contributed by atoms with Crippen molar-refractivity contribution in [2.75, 3.05) is 19.6 Å². The van der Waals surface area contributed by atoms with Crippen LogP contribution in [0.5, 0.6) is 0 Å². The van der Waals surface area contributed by atoms with Gasteiger partial charge in [-0.25, -0.2) is 17.7 Å². The van der Waals surface area contributed by atoms with E-state index in [9.17, 15) is 18.0 Å². The topological polar surface area (TPSA) is 97.5 Å². The highest BCUT2D eigenvalue weighted by atomic mass is 32.2. The Hall–Kier alpha value is -3.33. The van der Waals surface area contributed by atoms with Crippen LogP contribution in [0.15, 0.2) is 95.9 Å². The van der Waals surface area contributed by atoms with Gasteiger partial charge in [-0.15, -0.1) is 0 Å². The number of amides is 2. The van der Waals surface area contributed by atoms with Gasteiger partial charge in [0.05, 0.1) is 17.0 Å². The van der Waals surface area contributed by atoms with Crippen LogP contribution in [0.25, 0.3) is 0 Å². The average molecular weight is 465 g/mol. The molecule has 2 unspecified atom stereocenters. The molecule has 1 aliphatic rings. The normalized spacial score (nSPS) is 21.4. The molecule has 0 aromatic heterocycles. The summed E-state index contributed by atoms with van der Waals surface area (Å²) in [6, 6.07) is 25.2. The van der Waals surface area contributed by atoms with Crippen molar-refractivity contribution >= 4 is 21.8 Å². The van der Waals surface area contributed by atoms with Gasteiger partial charge in [-0.3, -0.25) is 4.79 Å². The Morgan fingerprint density at radius 2 is 1.42 bits per heavy atom. The molecule has 2 atom stereocenters. The molecule has 4 rings (SSSR count). The van der Waals surface area contributed by atoms with Crippen LogP contribution >= 0.6 is 0 Å². The summed E-state index contributed by atoms with van der Waals surface area (Å²) in [7, 11) is -3.96. The molecule has 2 N–H and O–H groups in total. The van der Waals surface area contributed by atoms with Crippen LogP contribution in [0.3, 0.4) is 0 Å². The zero-order valence-electron chi connectivity index (χ0n) is 18.1. The highest BCUT2D eigenvalue weighted by Crippen LogP contribution is 2.29. The van der Waals surface area contributed by atoms with E-state index in [-0.39, 0.29) is 34.9 Å². The Kier molecular flexibility index (Phi) is 6.42. The first-order valence-electron chi connectivity index (χ1n) is 10.7. The van der Waals surface area contributed by atoms with E-state index in [1.165, 1.54) is 12.1 Å². The minimum absolute atomic E-state index is 0.00373. The van der Waals surface area contributed by atoms with E-state index in [2.05, 4.69) is 0 Å². The molecule has 3 aromatic carbocycles. The van der Waals surface area contributed by atoms with Crippen molar-refractivity contribution in [2.24, 2.45) is 5.73 Å². The minimum Gasteiger partial charge on any atom is -0.368 e. The zero-order chi connectivity index (χ0) is 23.5. The number of benzene rings is 3. The molecule has 33 heavy (non-hydrogen) atoms. The van der Waals surface area contributed by atoms with Crippen molar-refractivity contribution in [3.63, 3.8) is 0 Å². The first-order valence-corrected chi connectivity index (χ1v) is 12.1. The third-order valence-electron chi connectivity index (χ3n) is 6.08. The van der Waals surface area contributed by atoms with Crippen LogP contribution in [-0.4, -0.2) is 54.7 Å². The number of sulfonamides is 1. The van der Waals surface area contributed by atoms with Crippen LogP contribution in [0.2, 0.25) is 0 Å². The number of nitrogens with two attached hydrogens (primary N) is 1. The molecule has 0 saturated carbocycles. The number of hydrogen-bond acceptors (Lipinski definition) is 4. The highest BCUT2D eigenvalue weighted by Gasteiger charge is 2.50. The predicted molar refractivity (Wildman–Crippen MR) is 124 cm³/mol. The Morgan fingerprint density at radius 3 is 2.00 bits per heavy atom. The number of carbonyl (C=O) groups is 2. The van der Waals surface area contributed by atoms with E-state index in [0.717, 1.165) is 9.87 Å². The number of carbonyl (C=O) groups excluding carboxylic acids is 2. The molecule has 1 aliphatic heterocycles. The molecule has 0 spiro atoms. The molecule has 1 saturated heterocycles. The van der Waals surface area contributed by atoms with E-state index >= 15 is 0 Å². The van der Waals surface area contributed by atoms with Gasteiger partial charge in [-0.2, -0.15) is 4.31 Å². The van der Waals surface area contributed by atoms with Crippen molar-refractivity contribution in [3.05, 3.63) is 102 Å². The zero-order valence-corrected chi connectivity index (χ0v) is 18.9. The number of piperazine rings is 1.